The molecule has 0 unspecified atom stereocenters. The molecule has 2 rings (SSSR count). The van der Waals surface area contributed by atoms with E-state index in [0.29, 0.717) is 0 Å². The third-order valence-electron chi connectivity index (χ3n) is 1.16. The van der Waals surface area contributed by atoms with Crippen LogP contribution in [0.25, 0.3) is 5.95 Å². The van der Waals surface area contributed by atoms with E-state index in [0.717, 1.165) is 4.57 Å². The first-order valence-electron chi connectivity index (χ1n) is 5.14. The Kier molecular flexibility index (Phi) is 1.42. The minimum Gasteiger partial charge on any atom is -0.273 e. The lowest BCUT2D eigenvalue weighted by Gasteiger charge is -1.97. The average molecular weight is 308 g/mol. The van der Waals surface area contributed by atoms with Gasteiger partial charge < -0.3 is 0 Å². The molecule has 0 aliphatic carbocycles. The van der Waals surface area contributed by atoms with Crippen molar-refractivity contribution in [3.05, 3.63) is 33.9 Å². The molecular weight excluding hydrogens is 300 g/mol. The van der Waals surface area contributed by atoms with Crippen LogP contribution in [0.1, 0.15) is 5.48 Å². The van der Waals surface area contributed by atoms with Gasteiger partial charge in [-0.1, -0.05) is 0 Å². The van der Waals surface area contributed by atoms with E-state index in [9.17, 15) is 0 Å². The van der Waals surface area contributed by atoms with Gasteiger partial charge in [0.15, 0.2) is 0 Å². The summed E-state index contributed by atoms with van der Waals surface area (Å²) in [6.07, 6.45) is -0.689. The lowest BCUT2D eigenvalue weighted by Crippen LogP contribution is -1.96. The Labute approximate surface area is 96.9 Å². The van der Waals surface area contributed by atoms with E-state index in [-0.39, 0.29) is 39.8 Å². The Bertz CT molecular complexity index is 577. The van der Waals surface area contributed by atoms with Crippen molar-refractivity contribution in [1.82, 2.24) is 19.5 Å². The van der Waals surface area contributed by atoms with E-state index >= 15 is 0 Å². The zero-order valence-electron chi connectivity index (χ0n) is 10.0. The Morgan fingerprint density at radius 3 is 2.46 bits per heavy atom. The first kappa shape index (κ1) is 5.21. The number of rotatable bonds is 1. The average Bonchev–Trinajstić information content (AvgIpc) is 2.49. The van der Waals surface area contributed by atoms with E-state index in [1.165, 1.54) is 0 Å². The molecule has 0 radical (unpaired) electrons. The highest BCUT2D eigenvalue weighted by atomic mass is 79.9. The molecule has 0 aliphatic heterocycles. The maximum Gasteiger partial charge on any atom is 0.234 e. The summed E-state index contributed by atoms with van der Waals surface area (Å²) in [6.45, 7) is 0. The van der Waals surface area contributed by atoms with Crippen molar-refractivity contribution in [3.8, 4) is 5.95 Å². The van der Waals surface area contributed by atoms with Gasteiger partial charge in [0.1, 0.15) is 12.3 Å². The molecule has 66 valence electrons. The molecular formula is C7H4Br2N4. The Morgan fingerprint density at radius 1 is 1.23 bits per heavy atom. The van der Waals surface area contributed by atoms with Crippen LogP contribution in [0.3, 0.4) is 0 Å². The minimum atomic E-state index is -0.233. The first-order valence-corrected chi connectivity index (χ1v) is 4.73. The summed E-state index contributed by atoms with van der Waals surface area (Å²) in [6, 6.07) is 0. The van der Waals surface area contributed by atoms with Gasteiger partial charge in [0.05, 0.1) is 8.58 Å². The Hall–Kier alpha value is -0.750. The maximum atomic E-state index is 7.67. The quantitative estimate of drug-likeness (QED) is 0.811. The van der Waals surface area contributed by atoms with Gasteiger partial charge in [0, 0.05) is 18.5 Å². The van der Waals surface area contributed by atoms with Crippen molar-refractivity contribution in [2.45, 2.75) is 0 Å². The van der Waals surface area contributed by atoms with Crippen LogP contribution in [0.5, 0.6) is 0 Å². The van der Waals surface area contributed by atoms with Crippen LogP contribution in [0, 0.1) is 0 Å². The van der Waals surface area contributed by atoms with E-state index in [2.05, 4.69) is 46.8 Å². The fourth-order valence-electron chi connectivity index (χ4n) is 0.679. The van der Waals surface area contributed by atoms with Gasteiger partial charge in [0.2, 0.25) is 5.95 Å². The van der Waals surface area contributed by atoms with Crippen molar-refractivity contribution < 1.29 is 5.48 Å². The second kappa shape index (κ2) is 3.55. The minimum absolute atomic E-state index is 0.0867. The van der Waals surface area contributed by atoms with Gasteiger partial charge in [-0.2, -0.15) is 0 Å². The van der Waals surface area contributed by atoms with Gasteiger partial charge in [0.25, 0.3) is 0 Å². The number of hydrogen-bond acceptors (Lipinski definition) is 3. The second-order valence-corrected chi connectivity index (χ2v) is 3.56. The van der Waals surface area contributed by atoms with Crippen LogP contribution in [0.4, 0.5) is 0 Å². The molecule has 0 aliphatic rings. The van der Waals surface area contributed by atoms with Crippen LogP contribution in [-0.4, -0.2) is 19.5 Å². The summed E-state index contributed by atoms with van der Waals surface area (Å²) in [5.74, 6) is -0.0867. The molecule has 13 heavy (non-hydrogen) atoms. The van der Waals surface area contributed by atoms with Crippen molar-refractivity contribution in [2.75, 3.05) is 0 Å². The number of imidazole rings is 1. The third-order valence-corrected chi connectivity index (χ3v) is 1.87. The molecule has 0 N–H and O–H groups in total. The Balaban J connectivity index is 2.69. The van der Waals surface area contributed by atoms with Gasteiger partial charge in [-0.25, -0.2) is 15.0 Å². The number of halogens is 2. The number of nitrogens with zero attached hydrogens (tertiary/aromatic N) is 4. The summed E-state index contributed by atoms with van der Waals surface area (Å²) in [4.78, 5) is 11.3. The van der Waals surface area contributed by atoms with Gasteiger partial charge >= 0.3 is 0 Å². The SMILES string of the molecule is [2H]c1nc(-n2c([2H])nc(Br)c2[2H])nc([2H])c1Br. The molecule has 0 fully saturated rings. The lowest BCUT2D eigenvalue weighted by molar-refractivity contribution is 0.921. The third kappa shape index (κ3) is 1.94. The van der Waals surface area contributed by atoms with Gasteiger partial charge in [-0.05, 0) is 31.9 Å². The molecule has 0 spiro atoms. The molecule has 6 heteroatoms. The highest BCUT2D eigenvalue weighted by Gasteiger charge is 1.99. The molecule has 2 aromatic heterocycles. The largest absolute Gasteiger partial charge is 0.273 e. The zero-order valence-corrected chi connectivity index (χ0v) is 9.22. The van der Waals surface area contributed by atoms with Crippen LogP contribution in [-0.2, 0) is 0 Å². The summed E-state index contributed by atoms with van der Waals surface area (Å²) >= 11 is 6.02. The molecule has 4 nitrogen and oxygen atoms in total. The topological polar surface area (TPSA) is 43.6 Å². The standard InChI is InChI=1S/C7H4Br2N4/c8-5-1-10-7(11-2-5)13-3-6(9)12-4-13/h1-4H/i1D,2D,3D,4D. The fourth-order valence-corrected chi connectivity index (χ4v) is 1.11. The summed E-state index contributed by atoms with van der Waals surface area (Å²) < 4.78 is 31.6. The van der Waals surface area contributed by atoms with E-state index < -0.39 is 0 Å². The molecule has 0 aromatic carbocycles. The van der Waals surface area contributed by atoms with Crippen LogP contribution in [0.15, 0.2) is 33.9 Å². The molecule has 0 amide bonds. The normalized spacial score (nSPS) is 14.6. The predicted octanol–water partition coefficient (Wildman–Crippen LogP) is 2.19. The van der Waals surface area contributed by atoms with E-state index in [4.69, 9.17) is 5.48 Å². The molecule has 0 saturated heterocycles. The molecule has 0 saturated carbocycles. The fraction of sp³-hybridized carbons (Fsp3) is 0. The van der Waals surface area contributed by atoms with Crippen LogP contribution < -0.4 is 0 Å². The smallest absolute Gasteiger partial charge is 0.234 e. The van der Waals surface area contributed by atoms with Crippen molar-refractivity contribution in [3.63, 3.8) is 0 Å². The van der Waals surface area contributed by atoms with Gasteiger partial charge in [-0.15, -0.1) is 0 Å². The molecule has 2 aromatic rings. The molecule has 2 heterocycles. The summed E-state index contributed by atoms with van der Waals surface area (Å²) in [5, 5.41) is 0. The summed E-state index contributed by atoms with van der Waals surface area (Å²) in [7, 11) is 0. The zero-order chi connectivity index (χ0) is 12.7. The number of aromatic nitrogens is 4. The second-order valence-electron chi connectivity index (χ2n) is 2.01. The highest BCUT2D eigenvalue weighted by Crippen LogP contribution is 2.10. The first-order chi connectivity index (χ1) is 7.91. The maximum absolute atomic E-state index is 7.67. The van der Waals surface area contributed by atoms with Crippen molar-refractivity contribution in [2.24, 2.45) is 0 Å². The monoisotopic (exact) mass is 306 g/mol. The van der Waals surface area contributed by atoms with Crippen LogP contribution >= 0.6 is 31.9 Å². The molecule has 0 bridgehead atoms. The van der Waals surface area contributed by atoms with E-state index in [1.807, 2.05) is 0 Å². The lowest BCUT2D eigenvalue weighted by atomic mass is 10.7. The van der Waals surface area contributed by atoms with E-state index in [1.54, 1.807) is 0 Å². The van der Waals surface area contributed by atoms with Crippen LogP contribution in [0.2, 0.25) is 0 Å². The highest BCUT2D eigenvalue weighted by molar-refractivity contribution is 9.10. The Morgan fingerprint density at radius 2 is 1.92 bits per heavy atom. The van der Waals surface area contributed by atoms with Crippen molar-refractivity contribution in [1.29, 1.82) is 0 Å². The summed E-state index contributed by atoms with van der Waals surface area (Å²) in [5.41, 5.74) is 0. The molecule has 0 atom stereocenters. The predicted molar refractivity (Wildman–Crippen MR) is 54.6 cm³/mol. The van der Waals surface area contributed by atoms with Gasteiger partial charge in [-0.3, -0.25) is 4.57 Å². The van der Waals surface area contributed by atoms with Crippen molar-refractivity contribution >= 4 is 31.9 Å². The number of hydrogen-bond donors (Lipinski definition) is 0.